The highest BCUT2D eigenvalue weighted by atomic mass is 16.3. The van der Waals surface area contributed by atoms with E-state index < -0.39 is 0 Å². The lowest BCUT2D eigenvalue weighted by atomic mass is 10.2. The van der Waals surface area contributed by atoms with Gasteiger partial charge in [-0.05, 0) is 25.5 Å². The Morgan fingerprint density at radius 3 is 2.94 bits per heavy atom. The molecule has 0 radical (unpaired) electrons. The minimum absolute atomic E-state index is 0.0910. The molecule has 0 fully saturated rings. The lowest BCUT2D eigenvalue weighted by molar-refractivity contribution is 0.0748. The number of pyridine rings is 1. The Bertz CT molecular complexity index is 369. The number of nitrogens with one attached hydrogen (secondary N) is 1. The molecule has 1 aromatic heterocycles. The van der Waals surface area contributed by atoms with Gasteiger partial charge < -0.3 is 15.3 Å². The fourth-order valence-corrected chi connectivity index (χ4v) is 1.53. The topological polar surface area (TPSA) is 65.5 Å². The predicted octanol–water partition coefficient (Wildman–Crippen LogP) is 0.968. The summed E-state index contributed by atoms with van der Waals surface area (Å²) in [5.74, 6) is -0.0990. The summed E-state index contributed by atoms with van der Waals surface area (Å²) in [6.07, 6.45) is 2.20. The lowest BCUT2D eigenvalue weighted by Crippen LogP contribution is -2.32. The molecule has 0 aliphatic carbocycles. The molecule has 5 nitrogen and oxygen atoms in total. The molecule has 2 N–H and O–H groups in total. The van der Waals surface area contributed by atoms with Crippen molar-refractivity contribution in [1.82, 2.24) is 9.88 Å². The van der Waals surface area contributed by atoms with Gasteiger partial charge >= 0.3 is 0 Å². The van der Waals surface area contributed by atoms with Crippen LogP contribution in [0.5, 0.6) is 0 Å². The Labute approximate surface area is 101 Å². The number of amides is 1. The maximum absolute atomic E-state index is 12.1. The van der Waals surface area contributed by atoms with Gasteiger partial charge in [0.1, 0.15) is 5.69 Å². The number of aliphatic hydroxyl groups is 1. The smallest absolute Gasteiger partial charge is 0.272 e. The van der Waals surface area contributed by atoms with Crippen molar-refractivity contribution in [1.29, 1.82) is 0 Å². The van der Waals surface area contributed by atoms with Crippen molar-refractivity contribution in [2.75, 3.05) is 32.1 Å². The third kappa shape index (κ3) is 3.71. The number of rotatable bonds is 6. The zero-order chi connectivity index (χ0) is 12.7. The largest absolute Gasteiger partial charge is 0.396 e. The standard InChI is InChI=1S/C12H19N3O2/c1-3-15(7-4-8-16)12(17)11-9-10(13-2)5-6-14-11/h5-6,9,16H,3-4,7-8H2,1-2H3,(H,13,14). The van der Waals surface area contributed by atoms with Crippen LogP contribution in [0.3, 0.4) is 0 Å². The van der Waals surface area contributed by atoms with Gasteiger partial charge in [0.25, 0.3) is 5.91 Å². The minimum Gasteiger partial charge on any atom is -0.396 e. The summed E-state index contributed by atoms with van der Waals surface area (Å²) in [6, 6.07) is 3.53. The molecule has 5 heteroatoms. The quantitative estimate of drug-likeness (QED) is 0.773. The van der Waals surface area contributed by atoms with Crippen molar-refractivity contribution < 1.29 is 9.90 Å². The van der Waals surface area contributed by atoms with Crippen LogP contribution < -0.4 is 5.32 Å². The second-order valence-electron chi connectivity index (χ2n) is 3.64. The first kappa shape index (κ1) is 13.4. The molecule has 0 atom stereocenters. The third-order valence-corrected chi connectivity index (χ3v) is 2.52. The van der Waals surface area contributed by atoms with Crippen LogP contribution in [0.1, 0.15) is 23.8 Å². The highest BCUT2D eigenvalue weighted by Crippen LogP contribution is 2.09. The van der Waals surface area contributed by atoms with Crippen molar-refractivity contribution >= 4 is 11.6 Å². The maximum Gasteiger partial charge on any atom is 0.272 e. The fourth-order valence-electron chi connectivity index (χ4n) is 1.53. The van der Waals surface area contributed by atoms with E-state index >= 15 is 0 Å². The Balaban J connectivity index is 2.78. The number of hydrogen-bond donors (Lipinski definition) is 2. The van der Waals surface area contributed by atoms with Gasteiger partial charge in [-0.25, -0.2) is 0 Å². The van der Waals surface area contributed by atoms with Crippen LogP contribution >= 0.6 is 0 Å². The Hall–Kier alpha value is -1.62. The molecule has 1 amide bonds. The zero-order valence-corrected chi connectivity index (χ0v) is 10.3. The van der Waals surface area contributed by atoms with Gasteiger partial charge in [-0.2, -0.15) is 0 Å². The van der Waals surface area contributed by atoms with Gasteiger partial charge in [-0.3, -0.25) is 9.78 Å². The van der Waals surface area contributed by atoms with Gasteiger partial charge in [0.15, 0.2) is 0 Å². The molecule has 0 spiro atoms. The van der Waals surface area contributed by atoms with Gasteiger partial charge in [0.05, 0.1) is 0 Å². The van der Waals surface area contributed by atoms with Crippen molar-refractivity contribution in [3.8, 4) is 0 Å². The first-order valence-electron chi connectivity index (χ1n) is 5.76. The number of anilines is 1. The number of nitrogens with zero attached hydrogens (tertiary/aromatic N) is 2. The van der Waals surface area contributed by atoms with E-state index in [0.717, 1.165) is 5.69 Å². The minimum atomic E-state index is -0.0990. The average molecular weight is 237 g/mol. The van der Waals surface area contributed by atoms with Crippen LogP contribution in [0.25, 0.3) is 0 Å². The van der Waals surface area contributed by atoms with E-state index in [1.807, 2.05) is 6.92 Å². The third-order valence-electron chi connectivity index (χ3n) is 2.52. The highest BCUT2D eigenvalue weighted by molar-refractivity contribution is 5.93. The number of hydrogen-bond acceptors (Lipinski definition) is 4. The van der Waals surface area contributed by atoms with Crippen LogP contribution in [-0.2, 0) is 0 Å². The van der Waals surface area contributed by atoms with Gasteiger partial charge in [-0.1, -0.05) is 0 Å². The summed E-state index contributed by atoms with van der Waals surface area (Å²) < 4.78 is 0. The summed E-state index contributed by atoms with van der Waals surface area (Å²) in [5.41, 5.74) is 1.29. The van der Waals surface area contributed by atoms with Gasteiger partial charge in [0, 0.05) is 38.6 Å². The predicted molar refractivity (Wildman–Crippen MR) is 67.1 cm³/mol. The molecule has 1 rings (SSSR count). The number of aromatic nitrogens is 1. The van der Waals surface area contributed by atoms with E-state index in [-0.39, 0.29) is 12.5 Å². The van der Waals surface area contributed by atoms with Crippen LogP contribution in [0, 0.1) is 0 Å². The molecule has 94 valence electrons. The molecular weight excluding hydrogens is 218 g/mol. The highest BCUT2D eigenvalue weighted by Gasteiger charge is 2.15. The van der Waals surface area contributed by atoms with Crippen LogP contribution in [0.2, 0.25) is 0 Å². The first-order chi connectivity index (χ1) is 8.22. The summed E-state index contributed by atoms with van der Waals surface area (Å²) in [5, 5.41) is 11.8. The van der Waals surface area contributed by atoms with Crippen molar-refractivity contribution in [3.63, 3.8) is 0 Å². The van der Waals surface area contributed by atoms with Gasteiger partial charge in [0.2, 0.25) is 0 Å². The second kappa shape index (κ2) is 6.85. The van der Waals surface area contributed by atoms with E-state index in [2.05, 4.69) is 10.3 Å². The number of carbonyl (C=O) groups excluding carboxylic acids is 1. The summed E-state index contributed by atoms with van der Waals surface area (Å²) in [4.78, 5) is 17.9. The average Bonchev–Trinajstić information content (AvgIpc) is 2.39. The van der Waals surface area contributed by atoms with Crippen molar-refractivity contribution in [2.45, 2.75) is 13.3 Å². The second-order valence-corrected chi connectivity index (χ2v) is 3.64. The Morgan fingerprint density at radius 1 is 1.59 bits per heavy atom. The van der Waals surface area contributed by atoms with Gasteiger partial charge in [-0.15, -0.1) is 0 Å². The molecule has 0 aliphatic heterocycles. The Kier molecular flexibility index (Phi) is 5.42. The molecular formula is C12H19N3O2. The molecule has 0 saturated carbocycles. The van der Waals surface area contributed by atoms with Crippen molar-refractivity contribution in [3.05, 3.63) is 24.0 Å². The van der Waals surface area contributed by atoms with E-state index in [4.69, 9.17) is 5.11 Å². The monoisotopic (exact) mass is 237 g/mol. The molecule has 0 aliphatic rings. The molecule has 0 unspecified atom stereocenters. The molecule has 0 saturated heterocycles. The van der Waals surface area contributed by atoms with Crippen LogP contribution in [0.4, 0.5) is 5.69 Å². The zero-order valence-electron chi connectivity index (χ0n) is 10.3. The van der Waals surface area contributed by atoms with E-state index in [9.17, 15) is 4.79 Å². The SMILES string of the molecule is CCN(CCCO)C(=O)c1cc(NC)ccn1. The van der Waals surface area contributed by atoms with E-state index in [1.165, 1.54) is 0 Å². The van der Waals surface area contributed by atoms with Crippen molar-refractivity contribution in [2.24, 2.45) is 0 Å². The molecule has 1 aromatic rings. The number of carbonyl (C=O) groups is 1. The molecule has 0 aromatic carbocycles. The Morgan fingerprint density at radius 2 is 2.35 bits per heavy atom. The fraction of sp³-hybridized carbons (Fsp3) is 0.500. The molecule has 1 heterocycles. The van der Waals surface area contributed by atoms with E-state index in [0.29, 0.717) is 25.2 Å². The summed E-state index contributed by atoms with van der Waals surface area (Å²) >= 11 is 0. The number of aliphatic hydroxyl groups excluding tert-OH is 1. The summed E-state index contributed by atoms with van der Waals surface area (Å²) in [6.45, 7) is 3.17. The normalized spacial score (nSPS) is 10.1. The maximum atomic E-state index is 12.1. The summed E-state index contributed by atoms with van der Waals surface area (Å²) in [7, 11) is 1.80. The van der Waals surface area contributed by atoms with Crippen LogP contribution in [0.15, 0.2) is 18.3 Å². The first-order valence-corrected chi connectivity index (χ1v) is 5.76. The molecule has 17 heavy (non-hydrogen) atoms. The molecule has 0 bridgehead atoms. The van der Waals surface area contributed by atoms with E-state index in [1.54, 1.807) is 30.3 Å². The van der Waals surface area contributed by atoms with Crippen LogP contribution in [-0.4, -0.2) is 47.6 Å². The lowest BCUT2D eigenvalue weighted by Gasteiger charge is -2.20.